The molecule has 164 valence electrons. The highest BCUT2D eigenvalue weighted by molar-refractivity contribution is 7.98. The van der Waals surface area contributed by atoms with Gasteiger partial charge in [0.1, 0.15) is 0 Å². The number of aromatic nitrogens is 1. The number of carbonyl (C=O) groups excluding carboxylic acids is 2. The standard InChI is InChI=1S/C21H22N2O5S3/c1-4-28-20(25)15-7-10-17-18(13-15)30-21(23(17)11-12-29-2)22-19(24)14-5-8-16(9-6-14)31(3,26)27/h5-10,13H,4,11-12H2,1-3H3. The van der Waals surface area contributed by atoms with Crippen molar-refractivity contribution in [2.45, 2.75) is 18.4 Å². The van der Waals surface area contributed by atoms with Gasteiger partial charge in [-0.05, 0) is 55.6 Å². The van der Waals surface area contributed by atoms with Gasteiger partial charge < -0.3 is 9.30 Å². The number of ether oxygens (including phenoxy) is 1. The Bertz CT molecular complexity index is 1290. The van der Waals surface area contributed by atoms with Gasteiger partial charge >= 0.3 is 5.97 Å². The summed E-state index contributed by atoms with van der Waals surface area (Å²) in [5, 5.41) is 0. The minimum atomic E-state index is -3.34. The molecule has 3 rings (SSSR count). The SMILES string of the molecule is CCOC(=O)c1ccc2c(c1)sc(=NC(=O)c1ccc(S(C)(=O)=O)cc1)n2CCSC. The fourth-order valence-corrected chi connectivity index (χ4v) is 4.98. The first-order chi connectivity index (χ1) is 14.7. The number of sulfone groups is 1. The van der Waals surface area contributed by atoms with Crippen LogP contribution in [0.3, 0.4) is 0 Å². The Morgan fingerprint density at radius 3 is 2.42 bits per heavy atom. The number of esters is 1. The quantitative estimate of drug-likeness (QED) is 0.483. The summed E-state index contributed by atoms with van der Waals surface area (Å²) in [6.07, 6.45) is 3.11. The molecular weight excluding hydrogens is 456 g/mol. The zero-order valence-electron chi connectivity index (χ0n) is 17.3. The average molecular weight is 479 g/mol. The number of thioether (sulfide) groups is 1. The fraction of sp³-hybridized carbons (Fsp3) is 0.286. The number of carbonyl (C=O) groups is 2. The van der Waals surface area contributed by atoms with E-state index in [4.69, 9.17) is 4.74 Å². The number of benzene rings is 2. The second-order valence-corrected chi connectivity index (χ2v) is 10.7. The second kappa shape index (κ2) is 9.80. The van der Waals surface area contributed by atoms with E-state index in [1.54, 1.807) is 30.8 Å². The lowest BCUT2D eigenvalue weighted by Gasteiger charge is -2.05. The van der Waals surface area contributed by atoms with E-state index >= 15 is 0 Å². The van der Waals surface area contributed by atoms with Crippen molar-refractivity contribution in [3.8, 4) is 0 Å². The smallest absolute Gasteiger partial charge is 0.338 e. The van der Waals surface area contributed by atoms with Gasteiger partial charge in [0.25, 0.3) is 5.91 Å². The third-order valence-electron chi connectivity index (χ3n) is 4.44. The van der Waals surface area contributed by atoms with Gasteiger partial charge in [0.2, 0.25) is 0 Å². The molecule has 0 fully saturated rings. The van der Waals surface area contributed by atoms with Crippen molar-refractivity contribution in [1.82, 2.24) is 4.57 Å². The first-order valence-electron chi connectivity index (χ1n) is 9.43. The van der Waals surface area contributed by atoms with Crippen LogP contribution in [-0.4, -0.2) is 49.7 Å². The Morgan fingerprint density at radius 2 is 1.81 bits per heavy atom. The molecule has 0 aliphatic carbocycles. The van der Waals surface area contributed by atoms with E-state index in [1.807, 2.05) is 16.9 Å². The summed E-state index contributed by atoms with van der Waals surface area (Å²) < 4.78 is 31.1. The molecule has 0 spiro atoms. The van der Waals surface area contributed by atoms with Crippen LogP contribution in [0.1, 0.15) is 27.6 Å². The maximum Gasteiger partial charge on any atom is 0.338 e. The Hall–Kier alpha value is -2.43. The third-order valence-corrected chi connectivity index (χ3v) is 7.20. The summed E-state index contributed by atoms with van der Waals surface area (Å²) in [6, 6.07) is 11.0. The molecule has 0 aliphatic heterocycles. The Morgan fingerprint density at radius 1 is 1.13 bits per heavy atom. The highest BCUT2D eigenvalue weighted by Gasteiger charge is 2.14. The molecule has 0 saturated carbocycles. The van der Waals surface area contributed by atoms with Crippen LogP contribution in [-0.2, 0) is 21.1 Å². The van der Waals surface area contributed by atoms with Gasteiger partial charge in [0.05, 0.1) is 27.3 Å². The first-order valence-corrected chi connectivity index (χ1v) is 13.5. The number of aryl methyl sites for hydroxylation is 1. The number of fused-ring (bicyclic) bond motifs is 1. The predicted molar refractivity (Wildman–Crippen MR) is 124 cm³/mol. The number of thiazole rings is 1. The molecule has 0 bridgehead atoms. The number of nitrogens with zero attached hydrogens (tertiary/aromatic N) is 2. The van der Waals surface area contributed by atoms with Crippen molar-refractivity contribution >= 4 is 55.0 Å². The number of amides is 1. The molecular formula is C21H22N2O5S3. The Balaban J connectivity index is 2.05. The monoisotopic (exact) mass is 478 g/mol. The zero-order chi connectivity index (χ0) is 22.6. The van der Waals surface area contributed by atoms with Gasteiger partial charge in [-0.1, -0.05) is 11.3 Å². The maximum absolute atomic E-state index is 12.7. The molecule has 0 aliphatic rings. The molecule has 2 aromatic carbocycles. The van der Waals surface area contributed by atoms with Crippen molar-refractivity contribution in [1.29, 1.82) is 0 Å². The van der Waals surface area contributed by atoms with Gasteiger partial charge in [0.15, 0.2) is 14.6 Å². The molecule has 0 radical (unpaired) electrons. The molecule has 10 heteroatoms. The molecule has 0 N–H and O–H groups in total. The molecule has 3 aromatic rings. The van der Waals surface area contributed by atoms with Gasteiger partial charge in [-0.2, -0.15) is 16.8 Å². The lowest BCUT2D eigenvalue weighted by molar-refractivity contribution is 0.0526. The van der Waals surface area contributed by atoms with Crippen molar-refractivity contribution < 1.29 is 22.7 Å². The normalized spacial score (nSPS) is 12.3. The lowest BCUT2D eigenvalue weighted by atomic mass is 10.2. The van der Waals surface area contributed by atoms with E-state index in [2.05, 4.69) is 4.99 Å². The van der Waals surface area contributed by atoms with E-state index in [0.29, 0.717) is 29.1 Å². The molecule has 7 nitrogen and oxygen atoms in total. The van der Waals surface area contributed by atoms with E-state index < -0.39 is 21.7 Å². The van der Waals surface area contributed by atoms with Crippen molar-refractivity contribution in [2.75, 3.05) is 24.9 Å². The molecule has 1 amide bonds. The van der Waals surface area contributed by atoms with E-state index in [1.165, 1.54) is 35.6 Å². The van der Waals surface area contributed by atoms with Crippen LogP contribution in [0.25, 0.3) is 10.2 Å². The number of rotatable bonds is 7. The summed E-state index contributed by atoms with van der Waals surface area (Å²) in [4.78, 5) is 29.8. The summed E-state index contributed by atoms with van der Waals surface area (Å²) >= 11 is 2.99. The van der Waals surface area contributed by atoms with E-state index in [9.17, 15) is 18.0 Å². The molecule has 0 atom stereocenters. The third kappa shape index (κ3) is 5.44. The lowest BCUT2D eigenvalue weighted by Crippen LogP contribution is -2.18. The fourth-order valence-electron chi connectivity index (χ4n) is 2.89. The van der Waals surface area contributed by atoms with Crippen molar-refractivity contribution in [2.24, 2.45) is 4.99 Å². The Kier molecular flexibility index (Phi) is 7.34. The molecule has 1 heterocycles. The molecule has 0 unspecified atom stereocenters. The van der Waals surface area contributed by atoms with Crippen molar-refractivity contribution in [3.05, 3.63) is 58.4 Å². The highest BCUT2D eigenvalue weighted by Crippen LogP contribution is 2.21. The van der Waals surface area contributed by atoms with Crippen LogP contribution < -0.4 is 4.80 Å². The van der Waals surface area contributed by atoms with E-state index in [0.717, 1.165) is 22.2 Å². The minimum Gasteiger partial charge on any atom is -0.462 e. The summed E-state index contributed by atoms with van der Waals surface area (Å²) in [7, 11) is -3.34. The summed E-state index contributed by atoms with van der Waals surface area (Å²) in [5.74, 6) is -0.0280. The van der Waals surface area contributed by atoms with Crippen LogP contribution in [0.2, 0.25) is 0 Å². The molecule has 0 saturated heterocycles. The largest absolute Gasteiger partial charge is 0.462 e. The zero-order valence-corrected chi connectivity index (χ0v) is 19.8. The summed E-state index contributed by atoms with van der Waals surface area (Å²) in [5.41, 5.74) is 1.63. The number of hydrogen-bond acceptors (Lipinski definition) is 7. The predicted octanol–water partition coefficient (Wildman–Crippen LogP) is 3.39. The van der Waals surface area contributed by atoms with Gasteiger partial charge in [0, 0.05) is 24.1 Å². The topological polar surface area (TPSA) is 94.8 Å². The van der Waals surface area contributed by atoms with Crippen LogP contribution in [0.15, 0.2) is 52.4 Å². The minimum absolute atomic E-state index is 0.146. The van der Waals surface area contributed by atoms with Crippen LogP contribution in [0.4, 0.5) is 0 Å². The Labute approximate surface area is 188 Å². The van der Waals surface area contributed by atoms with E-state index in [-0.39, 0.29) is 4.90 Å². The molecule has 31 heavy (non-hydrogen) atoms. The van der Waals surface area contributed by atoms with Gasteiger partial charge in [-0.15, -0.1) is 0 Å². The van der Waals surface area contributed by atoms with Gasteiger partial charge in [-0.25, -0.2) is 13.2 Å². The first kappa shape index (κ1) is 23.2. The van der Waals surface area contributed by atoms with Crippen LogP contribution >= 0.6 is 23.1 Å². The van der Waals surface area contributed by atoms with Crippen molar-refractivity contribution in [3.63, 3.8) is 0 Å². The van der Waals surface area contributed by atoms with Gasteiger partial charge in [-0.3, -0.25) is 4.79 Å². The summed E-state index contributed by atoms with van der Waals surface area (Å²) in [6.45, 7) is 2.70. The second-order valence-electron chi connectivity index (χ2n) is 6.65. The number of hydrogen-bond donors (Lipinski definition) is 0. The van der Waals surface area contributed by atoms with Crippen LogP contribution in [0, 0.1) is 0 Å². The molecule has 1 aromatic heterocycles. The van der Waals surface area contributed by atoms with Crippen LogP contribution in [0.5, 0.6) is 0 Å². The highest BCUT2D eigenvalue weighted by atomic mass is 32.2. The average Bonchev–Trinajstić information content (AvgIpc) is 3.07. The maximum atomic E-state index is 12.7.